The normalized spacial score (nSPS) is 18.7. The Hall–Kier alpha value is -4.08. The number of aromatic nitrogens is 3. The molecule has 3 aliphatic rings. The van der Waals surface area contributed by atoms with Gasteiger partial charge >= 0.3 is 6.61 Å². The van der Waals surface area contributed by atoms with E-state index >= 15 is 0 Å². The molecule has 0 saturated heterocycles. The molecule has 1 aromatic carbocycles. The fraction of sp³-hybridized carbons (Fsp3) is 0.357. The van der Waals surface area contributed by atoms with Gasteiger partial charge in [0.25, 0.3) is 5.91 Å². The van der Waals surface area contributed by atoms with E-state index in [1.54, 1.807) is 9.80 Å². The molecule has 38 heavy (non-hydrogen) atoms. The largest absolute Gasteiger partial charge is 0.417 e. The summed E-state index contributed by atoms with van der Waals surface area (Å²) in [6, 6.07) is 10.8. The number of hydrogen-bond acceptors (Lipinski definition) is 5. The first-order valence-electron chi connectivity index (χ1n) is 12.8. The Kier molecular flexibility index (Phi) is 6.17. The van der Waals surface area contributed by atoms with Crippen LogP contribution in [0.2, 0.25) is 0 Å². The van der Waals surface area contributed by atoms with Crippen molar-refractivity contribution < 1.29 is 23.1 Å². The molecule has 0 radical (unpaired) electrons. The quantitative estimate of drug-likeness (QED) is 0.459. The van der Waals surface area contributed by atoms with Crippen molar-refractivity contribution in [1.82, 2.24) is 24.6 Å². The first-order chi connectivity index (χ1) is 18.4. The molecule has 2 aliphatic heterocycles. The molecule has 1 aliphatic carbocycles. The van der Waals surface area contributed by atoms with Crippen LogP contribution in [0.1, 0.15) is 57.7 Å². The number of nitrogens with zero attached hydrogens (tertiary/aromatic N) is 5. The van der Waals surface area contributed by atoms with Crippen molar-refractivity contribution in [2.75, 3.05) is 19.6 Å². The number of benzene rings is 1. The number of ether oxygens (including phenoxy) is 1. The van der Waals surface area contributed by atoms with Crippen molar-refractivity contribution in [1.29, 1.82) is 0 Å². The monoisotopic (exact) mass is 519 g/mol. The number of amides is 2. The first-order valence-corrected chi connectivity index (χ1v) is 12.8. The molecule has 2 amide bonds. The summed E-state index contributed by atoms with van der Waals surface area (Å²) in [7, 11) is 0. The molecular formula is C28H27F2N5O3. The van der Waals surface area contributed by atoms with Gasteiger partial charge in [0.2, 0.25) is 11.8 Å². The maximum absolute atomic E-state index is 13.6. The van der Waals surface area contributed by atoms with Crippen LogP contribution in [-0.2, 0) is 17.6 Å². The fourth-order valence-electron chi connectivity index (χ4n) is 5.52. The molecule has 0 bridgehead atoms. The maximum Gasteiger partial charge on any atom is 0.388 e. The number of hydrogen-bond donors (Lipinski definition) is 0. The highest BCUT2D eigenvalue weighted by atomic mass is 19.3. The van der Waals surface area contributed by atoms with Crippen molar-refractivity contribution in [3.63, 3.8) is 0 Å². The molecular weight excluding hydrogens is 492 g/mol. The summed E-state index contributed by atoms with van der Waals surface area (Å²) in [6.45, 7) is 1.82. The van der Waals surface area contributed by atoms with E-state index in [2.05, 4.69) is 40.6 Å². The van der Waals surface area contributed by atoms with Crippen molar-refractivity contribution in [3.05, 3.63) is 83.3 Å². The fourth-order valence-corrected chi connectivity index (χ4v) is 5.52. The molecule has 0 N–H and O–H groups in total. The van der Waals surface area contributed by atoms with Crippen LogP contribution in [-0.4, -0.2) is 62.6 Å². The Morgan fingerprint density at radius 3 is 2.53 bits per heavy atom. The van der Waals surface area contributed by atoms with E-state index in [0.29, 0.717) is 38.4 Å². The van der Waals surface area contributed by atoms with Gasteiger partial charge in [-0.25, -0.2) is 9.67 Å². The number of pyridine rings is 1. The average Bonchev–Trinajstić information content (AvgIpc) is 3.73. The van der Waals surface area contributed by atoms with Crippen molar-refractivity contribution in [2.24, 2.45) is 0 Å². The smallest absolute Gasteiger partial charge is 0.388 e. The molecule has 6 rings (SSSR count). The summed E-state index contributed by atoms with van der Waals surface area (Å²) in [5.41, 5.74) is 5.47. The molecule has 1 atom stereocenters. The van der Waals surface area contributed by atoms with E-state index in [4.69, 9.17) is 5.10 Å². The van der Waals surface area contributed by atoms with Gasteiger partial charge in [-0.3, -0.25) is 9.59 Å². The summed E-state index contributed by atoms with van der Waals surface area (Å²) in [5.74, 6) is -0.0870. The van der Waals surface area contributed by atoms with Crippen LogP contribution in [0.15, 0.2) is 55.3 Å². The van der Waals surface area contributed by atoms with Crippen LogP contribution in [0, 0.1) is 0 Å². The van der Waals surface area contributed by atoms with E-state index in [-0.39, 0.29) is 23.3 Å². The zero-order valence-corrected chi connectivity index (χ0v) is 20.7. The maximum atomic E-state index is 13.6. The van der Waals surface area contributed by atoms with Gasteiger partial charge in [-0.2, -0.15) is 13.9 Å². The second kappa shape index (κ2) is 9.66. The van der Waals surface area contributed by atoms with Crippen LogP contribution >= 0.6 is 0 Å². The van der Waals surface area contributed by atoms with E-state index in [1.165, 1.54) is 42.8 Å². The molecule has 1 fully saturated rings. The van der Waals surface area contributed by atoms with Gasteiger partial charge in [0, 0.05) is 50.3 Å². The SMILES string of the molecule is C=CC(=O)N1CCc2nn(-c3ccc(C4CC4)cc3)c3c2[C@@H](C1)N(C(=O)c1ccc(OC(F)F)nc1)CC3. The number of carbonyl (C=O) groups is 2. The molecule has 1 saturated carbocycles. The summed E-state index contributed by atoms with van der Waals surface area (Å²) in [5, 5.41) is 4.97. The van der Waals surface area contributed by atoms with Crippen molar-refractivity contribution >= 4 is 11.8 Å². The summed E-state index contributed by atoms with van der Waals surface area (Å²) in [6.07, 6.45) is 6.16. The third kappa shape index (κ3) is 4.44. The highest BCUT2D eigenvalue weighted by Gasteiger charge is 2.40. The molecule has 0 spiro atoms. The zero-order valence-electron chi connectivity index (χ0n) is 20.7. The number of halogens is 2. The van der Waals surface area contributed by atoms with Crippen LogP contribution in [0.5, 0.6) is 5.88 Å². The Bertz CT molecular complexity index is 1380. The Labute approximate surface area is 218 Å². The van der Waals surface area contributed by atoms with Gasteiger partial charge in [0.15, 0.2) is 0 Å². The highest BCUT2D eigenvalue weighted by Crippen LogP contribution is 2.41. The van der Waals surface area contributed by atoms with Crippen LogP contribution in [0.25, 0.3) is 5.69 Å². The minimum Gasteiger partial charge on any atom is -0.417 e. The third-order valence-corrected chi connectivity index (χ3v) is 7.54. The standard InChI is InChI=1S/C28H27F2N5O3/c1-2-25(36)33-13-11-21-26-22(35(32-21)20-8-5-18(6-9-20)17-3-4-17)12-14-34(23(26)16-33)27(37)19-7-10-24(31-15-19)38-28(29)30/h2,5-10,15,17,23,28H,1,3-4,11-14,16H2/t23-/m1/s1. The Morgan fingerprint density at radius 1 is 1.08 bits per heavy atom. The Morgan fingerprint density at radius 2 is 1.87 bits per heavy atom. The van der Waals surface area contributed by atoms with Crippen molar-refractivity contribution in [2.45, 2.75) is 44.3 Å². The zero-order chi connectivity index (χ0) is 26.4. The summed E-state index contributed by atoms with van der Waals surface area (Å²) < 4.78 is 31.3. The van der Waals surface area contributed by atoms with Gasteiger partial charge in [0.1, 0.15) is 0 Å². The molecule has 3 aromatic rings. The molecule has 196 valence electrons. The topological polar surface area (TPSA) is 80.6 Å². The van der Waals surface area contributed by atoms with Gasteiger partial charge < -0.3 is 14.5 Å². The number of alkyl halides is 2. The van der Waals surface area contributed by atoms with Crippen LogP contribution < -0.4 is 4.74 Å². The molecule has 8 nitrogen and oxygen atoms in total. The van der Waals surface area contributed by atoms with Crippen LogP contribution in [0.3, 0.4) is 0 Å². The number of carbonyl (C=O) groups excluding carboxylic acids is 2. The van der Waals surface area contributed by atoms with Gasteiger partial charge in [-0.1, -0.05) is 18.7 Å². The highest BCUT2D eigenvalue weighted by molar-refractivity contribution is 5.94. The van der Waals surface area contributed by atoms with Crippen LogP contribution in [0.4, 0.5) is 8.78 Å². The predicted octanol–water partition coefficient (Wildman–Crippen LogP) is 4.06. The molecule has 0 unspecified atom stereocenters. The summed E-state index contributed by atoms with van der Waals surface area (Å²) >= 11 is 0. The lowest BCUT2D eigenvalue weighted by Crippen LogP contribution is -2.45. The van der Waals surface area contributed by atoms with Gasteiger partial charge in [-0.05, 0) is 48.6 Å². The Balaban J connectivity index is 1.35. The third-order valence-electron chi connectivity index (χ3n) is 7.54. The number of rotatable bonds is 6. The second-order valence-electron chi connectivity index (χ2n) is 9.85. The van der Waals surface area contributed by atoms with E-state index in [0.717, 1.165) is 22.6 Å². The lowest BCUT2D eigenvalue weighted by atomic mass is 9.95. The minimum absolute atomic E-state index is 0.201. The molecule has 10 heteroatoms. The molecule has 2 aromatic heterocycles. The first kappa shape index (κ1) is 24.3. The van der Waals surface area contributed by atoms with E-state index < -0.39 is 12.7 Å². The average molecular weight is 520 g/mol. The van der Waals surface area contributed by atoms with Gasteiger partial charge in [-0.15, -0.1) is 0 Å². The summed E-state index contributed by atoms with van der Waals surface area (Å²) in [4.78, 5) is 33.5. The lowest BCUT2D eigenvalue weighted by Gasteiger charge is -2.37. The van der Waals surface area contributed by atoms with Gasteiger partial charge in [0.05, 0.1) is 28.7 Å². The van der Waals surface area contributed by atoms with E-state index in [9.17, 15) is 18.4 Å². The van der Waals surface area contributed by atoms with Crippen molar-refractivity contribution in [3.8, 4) is 11.6 Å². The second-order valence-corrected chi connectivity index (χ2v) is 9.85. The molecule has 4 heterocycles. The predicted molar refractivity (Wildman–Crippen MR) is 134 cm³/mol. The lowest BCUT2D eigenvalue weighted by molar-refractivity contribution is -0.126. The minimum atomic E-state index is -3.00. The van der Waals surface area contributed by atoms with E-state index in [1.807, 2.05) is 4.68 Å².